The van der Waals surface area contributed by atoms with Gasteiger partial charge in [0.25, 0.3) is 17.7 Å². The van der Waals surface area contributed by atoms with Gasteiger partial charge in [-0.1, -0.05) is 77.1 Å². The predicted molar refractivity (Wildman–Crippen MR) is 239 cm³/mol. The van der Waals surface area contributed by atoms with Crippen molar-refractivity contribution in [1.29, 1.82) is 0 Å². The molecular formula is C49H51F6N5O4. The van der Waals surface area contributed by atoms with Gasteiger partial charge < -0.3 is 27.0 Å². The van der Waals surface area contributed by atoms with E-state index in [0.717, 1.165) is 24.3 Å². The number of nitrogen functional groups attached to an aromatic ring is 1. The molecule has 15 heteroatoms. The molecule has 0 aliphatic carbocycles. The highest BCUT2D eigenvalue weighted by molar-refractivity contribution is 6.10. The third-order valence-corrected chi connectivity index (χ3v) is 12.2. The molecule has 0 aliphatic rings. The van der Waals surface area contributed by atoms with E-state index in [1.54, 1.807) is 18.2 Å². The zero-order valence-corrected chi connectivity index (χ0v) is 36.3. The number of nitrogens with one attached hydrogen (secondary N) is 4. The number of ketones is 1. The third kappa shape index (κ3) is 10.1. The minimum Gasteiger partial charge on any atom is -0.397 e. The second-order valence-electron chi connectivity index (χ2n) is 16.2. The Balaban J connectivity index is 1.31. The Morgan fingerprint density at radius 2 is 0.906 bits per heavy atom. The summed E-state index contributed by atoms with van der Waals surface area (Å²) in [5.41, 5.74) is 0.0636. The lowest BCUT2D eigenvalue weighted by Crippen LogP contribution is -2.54. The van der Waals surface area contributed by atoms with Gasteiger partial charge in [-0.05, 0) is 117 Å². The molecule has 6 N–H and O–H groups in total. The van der Waals surface area contributed by atoms with E-state index in [1.807, 2.05) is 41.5 Å². The number of anilines is 5. The summed E-state index contributed by atoms with van der Waals surface area (Å²) in [6.07, 6.45) is -9.03. The van der Waals surface area contributed by atoms with Crippen molar-refractivity contribution >= 4 is 51.9 Å². The fourth-order valence-corrected chi connectivity index (χ4v) is 7.23. The lowest BCUT2D eigenvalue weighted by atomic mass is 9.73. The average Bonchev–Trinajstić information content (AvgIpc) is 3.27. The van der Waals surface area contributed by atoms with Crippen LogP contribution in [0, 0.1) is 5.41 Å². The highest BCUT2D eigenvalue weighted by Gasteiger charge is 2.72. The molecule has 0 aliphatic heterocycles. The minimum atomic E-state index is -5.81. The molecule has 0 spiro atoms. The van der Waals surface area contributed by atoms with E-state index in [9.17, 15) is 45.5 Å². The van der Waals surface area contributed by atoms with Crippen molar-refractivity contribution in [3.8, 4) is 0 Å². The van der Waals surface area contributed by atoms with E-state index in [-0.39, 0.29) is 45.2 Å². The van der Waals surface area contributed by atoms with Crippen molar-refractivity contribution in [1.82, 2.24) is 0 Å². The molecule has 64 heavy (non-hydrogen) atoms. The van der Waals surface area contributed by atoms with Crippen molar-refractivity contribution in [3.63, 3.8) is 0 Å². The first-order valence-electron chi connectivity index (χ1n) is 20.8. The number of alkyl halides is 6. The van der Waals surface area contributed by atoms with Crippen molar-refractivity contribution in [2.75, 3.05) is 27.0 Å². The van der Waals surface area contributed by atoms with Crippen LogP contribution in [0.15, 0.2) is 115 Å². The van der Waals surface area contributed by atoms with E-state index < -0.39 is 57.6 Å². The predicted octanol–water partition coefficient (Wildman–Crippen LogP) is 12.4. The number of benzene rings is 5. The molecule has 0 saturated heterocycles. The number of rotatable bonds is 16. The van der Waals surface area contributed by atoms with Crippen LogP contribution in [0.25, 0.3) is 0 Å². The molecule has 5 aromatic rings. The summed E-state index contributed by atoms with van der Waals surface area (Å²) < 4.78 is 89.2. The van der Waals surface area contributed by atoms with Crippen molar-refractivity contribution < 1.29 is 45.5 Å². The number of carbonyl (C=O) groups is 4. The number of Topliss-reactive ketones (excluding diaryl/α,β-unsaturated/α-hetero) is 1. The van der Waals surface area contributed by atoms with Gasteiger partial charge in [0, 0.05) is 50.3 Å². The first-order chi connectivity index (χ1) is 30.0. The minimum absolute atomic E-state index is 0.0217. The summed E-state index contributed by atoms with van der Waals surface area (Å²) in [7, 11) is 0. The van der Waals surface area contributed by atoms with E-state index in [1.165, 1.54) is 60.7 Å². The van der Waals surface area contributed by atoms with E-state index in [4.69, 9.17) is 5.73 Å². The van der Waals surface area contributed by atoms with Crippen LogP contribution >= 0.6 is 0 Å². The standard InChI is InChI=1S/C49H51F6N5O4/c1-7-45(5,8-2)41(61)30-13-11-14-31(27-30)44(64)59-40-29-38(25-26-39(40)56)58-43(63)33-16-12-15-32(28-33)42(62)57-36-21-17-34(18-22-36)47(48(50,51)52,49(53,54)55)35-19-23-37(24-20-35)60-46(6,9-3)10-4/h11-29,60H,7-10,56H2,1-6H3,(H,57,62)(H,58,63)(H,59,64). The summed E-state index contributed by atoms with van der Waals surface area (Å²) >= 11 is 0. The van der Waals surface area contributed by atoms with E-state index in [0.29, 0.717) is 49.1 Å². The number of carbonyl (C=O) groups excluding carboxylic acids is 4. The Bertz CT molecular complexity index is 2480. The second-order valence-corrected chi connectivity index (χ2v) is 16.2. The highest BCUT2D eigenvalue weighted by Crippen LogP contribution is 2.56. The number of hydrogen-bond acceptors (Lipinski definition) is 6. The van der Waals surface area contributed by atoms with Gasteiger partial charge in [-0.2, -0.15) is 26.3 Å². The number of nitrogens with two attached hydrogens (primary N) is 1. The maximum atomic E-state index is 14.9. The molecule has 0 bridgehead atoms. The number of halogens is 6. The summed E-state index contributed by atoms with van der Waals surface area (Å²) in [5.74, 6) is -2.08. The molecule has 0 fully saturated rings. The molecule has 0 atom stereocenters. The first kappa shape index (κ1) is 48.4. The average molecular weight is 888 g/mol. The van der Waals surface area contributed by atoms with Crippen molar-refractivity contribution in [3.05, 3.63) is 149 Å². The zero-order chi connectivity index (χ0) is 47.3. The maximum Gasteiger partial charge on any atom is 0.411 e. The number of amides is 3. The Hall–Kier alpha value is -6.64. The van der Waals surface area contributed by atoms with Crippen LogP contribution in [0.2, 0.25) is 0 Å². The van der Waals surface area contributed by atoms with Crippen LogP contribution in [0.3, 0.4) is 0 Å². The Labute approximate surface area is 368 Å². The van der Waals surface area contributed by atoms with Gasteiger partial charge >= 0.3 is 12.4 Å². The van der Waals surface area contributed by atoms with Crippen LogP contribution in [0.1, 0.15) is 120 Å². The quantitative estimate of drug-likeness (QED) is 0.0379. The lowest BCUT2D eigenvalue weighted by molar-refractivity contribution is -0.288. The molecule has 0 radical (unpaired) electrons. The Morgan fingerprint density at radius 1 is 0.500 bits per heavy atom. The topological polar surface area (TPSA) is 142 Å². The summed E-state index contributed by atoms with van der Waals surface area (Å²) in [6, 6.07) is 23.5. The summed E-state index contributed by atoms with van der Waals surface area (Å²) in [5, 5.41) is 11.0. The molecule has 0 unspecified atom stereocenters. The largest absolute Gasteiger partial charge is 0.411 e. The molecule has 5 rings (SSSR count). The first-order valence-corrected chi connectivity index (χ1v) is 20.8. The van der Waals surface area contributed by atoms with Gasteiger partial charge in [-0.25, -0.2) is 0 Å². The summed E-state index contributed by atoms with van der Waals surface area (Å²) in [4.78, 5) is 53.2. The van der Waals surface area contributed by atoms with Gasteiger partial charge in [-0.15, -0.1) is 0 Å². The molecule has 0 heterocycles. The van der Waals surface area contributed by atoms with Crippen LogP contribution in [-0.2, 0) is 5.41 Å². The molecule has 0 saturated carbocycles. The Kier molecular flexibility index (Phi) is 14.4. The zero-order valence-electron chi connectivity index (χ0n) is 36.3. The molecular weight excluding hydrogens is 837 g/mol. The van der Waals surface area contributed by atoms with Crippen molar-refractivity contribution in [2.45, 2.75) is 90.5 Å². The molecule has 3 amide bonds. The van der Waals surface area contributed by atoms with Crippen LogP contribution < -0.4 is 27.0 Å². The second kappa shape index (κ2) is 19.0. The van der Waals surface area contributed by atoms with Gasteiger partial charge in [0.2, 0.25) is 5.41 Å². The SMILES string of the molecule is CCC(C)(CC)Nc1ccc(C(c2ccc(NC(=O)c3cccc(C(=O)Nc4ccc(N)c(NC(=O)c5cccc(C(=O)C(C)(CC)CC)c5)c4)c3)cc2)(C(F)(F)F)C(F)(F)F)cc1. The maximum absolute atomic E-state index is 14.9. The monoisotopic (exact) mass is 887 g/mol. The lowest BCUT2D eigenvalue weighted by Gasteiger charge is -2.38. The molecule has 9 nitrogen and oxygen atoms in total. The molecule has 338 valence electrons. The van der Waals surface area contributed by atoms with E-state index >= 15 is 0 Å². The van der Waals surface area contributed by atoms with E-state index in [2.05, 4.69) is 21.3 Å². The molecule has 0 aromatic heterocycles. The van der Waals surface area contributed by atoms with Gasteiger partial charge in [0.15, 0.2) is 5.78 Å². The van der Waals surface area contributed by atoms with Gasteiger partial charge in [0.05, 0.1) is 11.4 Å². The van der Waals surface area contributed by atoms with Crippen LogP contribution in [-0.4, -0.2) is 41.4 Å². The third-order valence-electron chi connectivity index (χ3n) is 12.2. The van der Waals surface area contributed by atoms with Crippen molar-refractivity contribution in [2.24, 2.45) is 5.41 Å². The van der Waals surface area contributed by atoms with Crippen LogP contribution in [0.4, 0.5) is 54.8 Å². The van der Waals surface area contributed by atoms with Gasteiger partial charge in [-0.3, -0.25) is 19.2 Å². The normalized spacial score (nSPS) is 12.3. The summed E-state index contributed by atoms with van der Waals surface area (Å²) in [6.45, 7) is 11.5. The highest BCUT2D eigenvalue weighted by atomic mass is 19.4. The number of hydrogen-bond donors (Lipinski definition) is 5. The fourth-order valence-electron chi connectivity index (χ4n) is 7.23. The molecule has 5 aromatic carbocycles. The smallest absolute Gasteiger partial charge is 0.397 e. The van der Waals surface area contributed by atoms with Crippen LogP contribution in [0.5, 0.6) is 0 Å². The Morgan fingerprint density at radius 3 is 1.36 bits per heavy atom. The fraction of sp³-hybridized carbons (Fsp3) is 0.306. The van der Waals surface area contributed by atoms with Gasteiger partial charge in [0.1, 0.15) is 0 Å².